The molecule has 1 aromatic rings. The van der Waals surface area contributed by atoms with Gasteiger partial charge >= 0.3 is 5.97 Å². The first kappa shape index (κ1) is 15.9. The molecule has 1 amide bonds. The highest BCUT2D eigenvalue weighted by Crippen LogP contribution is 2.26. The van der Waals surface area contributed by atoms with Gasteiger partial charge < -0.3 is 14.7 Å². The summed E-state index contributed by atoms with van der Waals surface area (Å²) in [6.45, 7) is 3.43. The smallest absolute Gasteiger partial charge is 0.331 e. The third-order valence-corrected chi connectivity index (χ3v) is 2.91. The zero-order valence-electron chi connectivity index (χ0n) is 11.7. The van der Waals surface area contributed by atoms with Crippen molar-refractivity contribution in [1.82, 2.24) is 4.90 Å². The zero-order chi connectivity index (χ0) is 15.3. The van der Waals surface area contributed by atoms with Crippen molar-refractivity contribution in [2.24, 2.45) is 0 Å². The van der Waals surface area contributed by atoms with Gasteiger partial charge in [0.25, 0.3) is 0 Å². The Morgan fingerprint density at radius 1 is 1.45 bits per heavy atom. The number of carboxylic acid groups (broad SMARTS) is 1. The molecule has 0 radical (unpaired) electrons. The number of ether oxygens (including phenoxy) is 1. The maximum absolute atomic E-state index is 13.7. The van der Waals surface area contributed by atoms with Crippen LogP contribution in [0.4, 0.5) is 4.39 Å². The van der Waals surface area contributed by atoms with Gasteiger partial charge in [-0.1, -0.05) is 13.0 Å². The number of carbonyl (C=O) groups is 2. The van der Waals surface area contributed by atoms with Gasteiger partial charge in [-0.15, -0.1) is 0 Å². The van der Waals surface area contributed by atoms with E-state index in [0.29, 0.717) is 13.0 Å². The molecule has 0 spiro atoms. The fourth-order valence-electron chi connectivity index (χ4n) is 2.02. The molecule has 6 heteroatoms. The first-order chi connectivity index (χ1) is 9.42. The SMILES string of the molecule is CCCN(C(C)=O)C(C(=O)O)c1ccc(OC)c(F)c1. The van der Waals surface area contributed by atoms with E-state index in [1.165, 1.54) is 31.1 Å². The van der Waals surface area contributed by atoms with Crippen LogP contribution in [0, 0.1) is 5.82 Å². The van der Waals surface area contributed by atoms with Crippen molar-refractivity contribution >= 4 is 11.9 Å². The standard InChI is InChI=1S/C14H18FNO4/c1-4-7-16(9(2)17)13(14(18)19)10-5-6-12(20-3)11(15)8-10/h5-6,8,13H,4,7H2,1-3H3,(H,18,19). The quantitative estimate of drug-likeness (QED) is 0.869. The summed E-state index contributed by atoms with van der Waals surface area (Å²) in [5.41, 5.74) is 0.208. The van der Waals surface area contributed by atoms with Gasteiger partial charge in [-0.05, 0) is 24.1 Å². The Balaban J connectivity index is 3.22. The van der Waals surface area contributed by atoms with E-state index in [1.807, 2.05) is 6.92 Å². The Labute approximate surface area is 117 Å². The van der Waals surface area contributed by atoms with Gasteiger partial charge in [0.15, 0.2) is 17.6 Å². The predicted molar refractivity (Wildman–Crippen MR) is 71.0 cm³/mol. The average Bonchev–Trinajstić information content (AvgIpc) is 2.37. The third-order valence-electron chi connectivity index (χ3n) is 2.91. The van der Waals surface area contributed by atoms with Crippen molar-refractivity contribution < 1.29 is 23.8 Å². The highest BCUT2D eigenvalue weighted by molar-refractivity contribution is 5.83. The molecule has 0 bridgehead atoms. The number of rotatable bonds is 6. The van der Waals surface area contributed by atoms with Crippen molar-refractivity contribution in [2.75, 3.05) is 13.7 Å². The topological polar surface area (TPSA) is 66.8 Å². The van der Waals surface area contributed by atoms with E-state index in [0.717, 1.165) is 6.07 Å². The summed E-state index contributed by atoms with van der Waals surface area (Å²) in [4.78, 5) is 24.3. The van der Waals surface area contributed by atoms with E-state index < -0.39 is 17.8 Å². The number of amides is 1. The molecular formula is C14H18FNO4. The number of carbonyl (C=O) groups excluding carboxylic acids is 1. The van der Waals surface area contributed by atoms with Crippen LogP contribution in [0.15, 0.2) is 18.2 Å². The number of benzene rings is 1. The van der Waals surface area contributed by atoms with E-state index in [1.54, 1.807) is 0 Å². The molecule has 5 nitrogen and oxygen atoms in total. The molecule has 0 fully saturated rings. The molecule has 0 aliphatic heterocycles. The van der Waals surface area contributed by atoms with Crippen LogP contribution in [-0.4, -0.2) is 35.5 Å². The van der Waals surface area contributed by atoms with E-state index >= 15 is 0 Å². The summed E-state index contributed by atoms with van der Waals surface area (Å²) < 4.78 is 18.5. The number of halogens is 1. The average molecular weight is 283 g/mol. The lowest BCUT2D eigenvalue weighted by atomic mass is 10.0. The molecule has 1 aromatic carbocycles. The monoisotopic (exact) mass is 283 g/mol. The number of methoxy groups -OCH3 is 1. The van der Waals surface area contributed by atoms with Crippen LogP contribution < -0.4 is 4.74 Å². The van der Waals surface area contributed by atoms with Gasteiger partial charge in [-0.2, -0.15) is 0 Å². The lowest BCUT2D eigenvalue weighted by Crippen LogP contribution is -2.38. The Bertz CT molecular complexity index is 504. The highest BCUT2D eigenvalue weighted by atomic mass is 19.1. The molecule has 110 valence electrons. The van der Waals surface area contributed by atoms with Crippen LogP contribution in [0.1, 0.15) is 31.9 Å². The lowest BCUT2D eigenvalue weighted by Gasteiger charge is -2.28. The second kappa shape index (κ2) is 6.88. The minimum atomic E-state index is -1.20. The van der Waals surface area contributed by atoms with Gasteiger partial charge in [0.1, 0.15) is 0 Å². The van der Waals surface area contributed by atoms with Crippen LogP contribution >= 0.6 is 0 Å². The Kier molecular flexibility index (Phi) is 5.49. The molecule has 1 N–H and O–H groups in total. The van der Waals surface area contributed by atoms with Gasteiger partial charge in [0.05, 0.1) is 7.11 Å². The summed E-state index contributed by atoms with van der Waals surface area (Å²) in [7, 11) is 1.33. The van der Waals surface area contributed by atoms with Gasteiger partial charge in [-0.25, -0.2) is 9.18 Å². The first-order valence-electron chi connectivity index (χ1n) is 6.25. The molecule has 0 aromatic heterocycles. The van der Waals surface area contributed by atoms with Crippen molar-refractivity contribution in [3.63, 3.8) is 0 Å². The minimum Gasteiger partial charge on any atom is -0.494 e. The Morgan fingerprint density at radius 3 is 2.50 bits per heavy atom. The molecular weight excluding hydrogens is 265 g/mol. The van der Waals surface area contributed by atoms with Crippen molar-refractivity contribution in [1.29, 1.82) is 0 Å². The largest absolute Gasteiger partial charge is 0.494 e. The molecule has 0 heterocycles. The summed E-state index contributed by atoms with van der Waals surface area (Å²) >= 11 is 0. The lowest BCUT2D eigenvalue weighted by molar-refractivity contribution is -0.149. The summed E-state index contributed by atoms with van der Waals surface area (Å²) in [5, 5.41) is 9.34. The van der Waals surface area contributed by atoms with Crippen LogP contribution in [0.25, 0.3) is 0 Å². The van der Waals surface area contributed by atoms with Gasteiger partial charge in [0, 0.05) is 13.5 Å². The number of nitrogens with zero attached hydrogens (tertiary/aromatic N) is 1. The van der Waals surface area contributed by atoms with Crippen LogP contribution in [0.3, 0.4) is 0 Å². The minimum absolute atomic E-state index is 0.0303. The molecule has 20 heavy (non-hydrogen) atoms. The molecule has 0 aliphatic rings. The van der Waals surface area contributed by atoms with E-state index in [2.05, 4.69) is 0 Å². The fraction of sp³-hybridized carbons (Fsp3) is 0.429. The van der Waals surface area contributed by atoms with E-state index in [9.17, 15) is 19.1 Å². The van der Waals surface area contributed by atoms with Crippen molar-refractivity contribution in [3.8, 4) is 5.75 Å². The van der Waals surface area contributed by atoms with Crippen LogP contribution in [0.2, 0.25) is 0 Å². The molecule has 0 saturated heterocycles. The maximum atomic E-state index is 13.7. The van der Waals surface area contributed by atoms with Crippen molar-refractivity contribution in [2.45, 2.75) is 26.3 Å². The van der Waals surface area contributed by atoms with E-state index in [-0.39, 0.29) is 17.2 Å². The summed E-state index contributed by atoms with van der Waals surface area (Å²) in [6, 6.07) is 2.69. The molecule has 0 saturated carbocycles. The van der Waals surface area contributed by atoms with E-state index in [4.69, 9.17) is 4.74 Å². The van der Waals surface area contributed by atoms with Crippen LogP contribution in [0.5, 0.6) is 5.75 Å². The third kappa shape index (κ3) is 3.46. The molecule has 1 atom stereocenters. The summed E-state index contributed by atoms with van der Waals surface area (Å²) in [6.07, 6.45) is 0.613. The summed E-state index contributed by atoms with van der Waals surface area (Å²) in [5.74, 6) is -2.19. The molecule has 1 rings (SSSR count). The second-order valence-corrected chi connectivity index (χ2v) is 4.35. The number of aliphatic carboxylic acids is 1. The highest BCUT2D eigenvalue weighted by Gasteiger charge is 2.29. The Hall–Kier alpha value is -2.11. The Morgan fingerprint density at radius 2 is 2.10 bits per heavy atom. The number of carboxylic acids is 1. The fourth-order valence-corrected chi connectivity index (χ4v) is 2.02. The normalized spacial score (nSPS) is 11.8. The maximum Gasteiger partial charge on any atom is 0.331 e. The van der Waals surface area contributed by atoms with Gasteiger partial charge in [-0.3, -0.25) is 4.79 Å². The predicted octanol–water partition coefficient (Wildman–Crippen LogP) is 2.22. The first-order valence-corrected chi connectivity index (χ1v) is 6.25. The zero-order valence-corrected chi connectivity index (χ0v) is 11.7. The second-order valence-electron chi connectivity index (χ2n) is 4.35. The number of hydrogen-bond donors (Lipinski definition) is 1. The van der Waals surface area contributed by atoms with Gasteiger partial charge in [0.2, 0.25) is 5.91 Å². The molecule has 1 unspecified atom stereocenters. The van der Waals surface area contributed by atoms with Crippen molar-refractivity contribution in [3.05, 3.63) is 29.6 Å². The molecule has 0 aliphatic carbocycles. The van der Waals surface area contributed by atoms with Crippen LogP contribution in [-0.2, 0) is 9.59 Å². The number of hydrogen-bond acceptors (Lipinski definition) is 3.